The van der Waals surface area contributed by atoms with Gasteiger partial charge in [-0.1, -0.05) is 0 Å². The van der Waals surface area contributed by atoms with Crippen LogP contribution >= 0.6 is 12.2 Å². The van der Waals surface area contributed by atoms with E-state index in [1.165, 1.54) is 25.5 Å². The van der Waals surface area contributed by atoms with Gasteiger partial charge in [-0.15, -0.1) is 0 Å². The highest BCUT2D eigenvalue weighted by molar-refractivity contribution is 7.80. The highest BCUT2D eigenvalue weighted by atomic mass is 32.1. The lowest BCUT2D eigenvalue weighted by atomic mass is 10.1. The van der Waals surface area contributed by atoms with E-state index in [1.54, 1.807) is 6.07 Å². The summed E-state index contributed by atoms with van der Waals surface area (Å²) in [5.41, 5.74) is 6.16. The Balaban J connectivity index is 2.35. The maximum absolute atomic E-state index is 12.8. The SMILES string of the molecule is COc1cc(/C=N/NC(N)=S)ccc1Oc1ccc(C(F)(F)F)cc1[N+](=O)[O-]. The summed E-state index contributed by atoms with van der Waals surface area (Å²) in [6, 6.07) is 6.43. The summed E-state index contributed by atoms with van der Waals surface area (Å²) in [4.78, 5) is 10.2. The van der Waals surface area contributed by atoms with E-state index in [4.69, 9.17) is 15.2 Å². The minimum absolute atomic E-state index is 0.0298. The van der Waals surface area contributed by atoms with Gasteiger partial charge >= 0.3 is 11.9 Å². The molecule has 0 saturated heterocycles. The molecule has 0 bridgehead atoms. The number of nitrogens with one attached hydrogen (secondary N) is 1. The zero-order valence-electron chi connectivity index (χ0n) is 14.2. The molecule has 0 radical (unpaired) electrons. The molecule has 0 unspecified atom stereocenters. The van der Waals surface area contributed by atoms with Crippen molar-refractivity contribution >= 4 is 29.2 Å². The highest BCUT2D eigenvalue weighted by Gasteiger charge is 2.33. The maximum Gasteiger partial charge on any atom is 0.416 e. The topological polar surface area (TPSA) is 112 Å². The van der Waals surface area contributed by atoms with Crippen LogP contribution in [-0.4, -0.2) is 23.4 Å². The molecule has 3 N–H and O–H groups in total. The molecule has 148 valence electrons. The van der Waals surface area contributed by atoms with Crippen LogP contribution in [-0.2, 0) is 6.18 Å². The summed E-state index contributed by atoms with van der Waals surface area (Å²) >= 11 is 4.60. The fourth-order valence-corrected chi connectivity index (χ4v) is 2.11. The number of halogens is 3. The summed E-state index contributed by atoms with van der Waals surface area (Å²) in [6.07, 6.45) is -3.34. The quantitative estimate of drug-likeness (QED) is 0.322. The van der Waals surface area contributed by atoms with E-state index in [9.17, 15) is 23.3 Å². The van der Waals surface area contributed by atoms with Crippen LogP contribution in [0.15, 0.2) is 41.5 Å². The van der Waals surface area contributed by atoms with Crippen molar-refractivity contribution in [3.8, 4) is 17.2 Å². The summed E-state index contributed by atoms with van der Waals surface area (Å²) in [5.74, 6) is -0.133. The maximum atomic E-state index is 12.8. The number of rotatable bonds is 6. The molecule has 0 fully saturated rings. The van der Waals surface area contributed by atoms with Gasteiger partial charge in [-0.05, 0) is 48.1 Å². The van der Waals surface area contributed by atoms with E-state index in [0.717, 1.165) is 6.07 Å². The number of hydrogen-bond acceptors (Lipinski definition) is 6. The van der Waals surface area contributed by atoms with Crippen LogP contribution in [0.2, 0.25) is 0 Å². The molecule has 28 heavy (non-hydrogen) atoms. The number of hydrogen-bond donors (Lipinski definition) is 2. The van der Waals surface area contributed by atoms with Crippen molar-refractivity contribution in [2.45, 2.75) is 6.18 Å². The molecule has 0 atom stereocenters. The number of benzene rings is 2. The Morgan fingerprint density at radius 1 is 1.25 bits per heavy atom. The molecule has 0 heterocycles. The second-order valence-corrected chi connectivity index (χ2v) is 5.62. The lowest BCUT2D eigenvalue weighted by molar-refractivity contribution is -0.385. The molecule has 0 aliphatic heterocycles. The third kappa shape index (κ3) is 5.30. The van der Waals surface area contributed by atoms with E-state index in [2.05, 4.69) is 22.7 Å². The molecule has 0 saturated carbocycles. The molecule has 2 aromatic rings. The van der Waals surface area contributed by atoms with Gasteiger partial charge in [0.1, 0.15) is 0 Å². The molecule has 0 amide bonds. The van der Waals surface area contributed by atoms with E-state index in [-0.39, 0.29) is 22.4 Å². The zero-order chi connectivity index (χ0) is 20.9. The van der Waals surface area contributed by atoms with Crippen LogP contribution < -0.4 is 20.6 Å². The molecule has 0 aliphatic carbocycles. The lowest BCUT2D eigenvalue weighted by Crippen LogP contribution is -2.23. The number of thiocarbonyl (C=S) groups is 1. The van der Waals surface area contributed by atoms with Crippen molar-refractivity contribution in [2.75, 3.05) is 7.11 Å². The van der Waals surface area contributed by atoms with Crippen LogP contribution in [0.4, 0.5) is 18.9 Å². The van der Waals surface area contributed by atoms with Gasteiger partial charge in [0.15, 0.2) is 16.6 Å². The summed E-state index contributed by atoms with van der Waals surface area (Å²) in [7, 11) is 1.33. The van der Waals surface area contributed by atoms with Gasteiger partial charge in [-0.25, -0.2) is 0 Å². The van der Waals surface area contributed by atoms with Gasteiger partial charge in [0.05, 0.1) is 23.8 Å². The first-order valence-corrected chi connectivity index (χ1v) is 7.82. The molecular weight excluding hydrogens is 401 g/mol. The largest absolute Gasteiger partial charge is 0.493 e. The molecule has 0 aromatic heterocycles. The first kappa shape index (κ1) is 20.9. The summed E-state index contributed by atoms with van der Waals surface area (Å²) in [6.45, 7) is 0. The van der Waals surface area contributed by atoms with Crippen LogP contribution in [0.1, 0.15) is 11.1 Å². The number of hydrazone groups is 1. The van der Waals surface area contributed by atoms with Gasteiger partial charge in [-0.2, -0.15) is 18.3 Å². The van der Waals surface area contributed by atoms with Crippen LogP contribution in [0.25, 0.3) is 0 Å². The third-order valence-electron chi connectivity index (χ3n) is 3.28. The Morgan fingerprint density at radius 3 is 2.50 bits per heavy atom. The average molecular weight is 414 g/mol. The van der Waals surface area contributed by atoms with Crippen LogP contribution in [0.3, 0.4) is 0 Å². The predicted octanol–water partition coefficient (Wildman–Crippen LogP) is 3.58. The minimum Gasteiger partial charge on any atom is -0.493 e. The number of nitrogens with two attached hydrogens (primary N) is 1. The lowest BCUT2D eigenvalue weighted by Gasteiger charge is -2.12. The van der Waals surface area contributed by atoms with Gasteiger partial charge in [-0.3, -0.25) is 15.5 Å². The van der Waals surface area contributed by atoms with Crippen molar-refractivity contribution in [1.29, 1.82) is 0 Å². The molecule has 0 spiro atoms. The Hall–Kier alpha value is -3.41. The molecular formula is C16H13F3N4O4S. The van der Waals surface area contributed by atoms with Gasteiger partial charge in [0.25, 0.3) is 0 Å². The predicted molar refractivity (Wildman–Crippen MR) is 98.7 cm³/mol. The number of nitro groups is 1. The number of nitro benzene ring substituents is 1. The molecule has 2 rings (SSSR count). The van der Waals surface area contributed by atoms with Crippen molar-refractivity contribution in [3.63, 3.8) is 0 Å². The third-order valence-corrected chi connectivity index (χ3v) is 3.37. The van der Waals surface area contributed by atoms with Gasteiger partial charge < -0.3 is 15.2 Å². The summed E-state index contributed by atoms with van der Waals surface area (Å²) < 4.78 is 48.9. The van der Waals surface area contributed by atoms with Gasteiger partial charge in [0, 0.05) is 6.07 Å². The molecule has 0 aliphatic rings. The summed E-state index contributed by atoms with van der Waals surface area (Å²) in [5, 5.41) is 14.9. The smallest absolute Gasteiger partial charge is 0.416 e. The van der Waals surface area contributed by atoms with E-state index in [0.29, 0.717) is 17.7 Å². The monoisotopic (exact) mass is 414 g/mol. The molecule has 2 aromatic carbocycles. The van der Waals surface area contributed by atoms with E-state index in [1.807, 2.05) is 0 Å². The molecule has 12 heteroatoms. The zero-order valence-corrected chi connectivity index (χ0v) is 15.0. The number of nitrogens with zero attached hydrogens (tertiary/aromatic N) is 2. The van der Waals surface area contributed by atoms with Crippen molar-refractivity contribution < 1.29 is 27.6 Å². The van der Waals surface area contributed by atoms with Gasteiger partial charge in [0.2, 0.25) is 5.75 Å². The number of ether oxygens (including phenoxy) is 2. The Labute approximate surface area is 161 Å². The second-order valence-electron chi connectivity index (χ2n) is 5.18. The highest BCUT2D eigenvalue weighted by Crippen LogP contribution is 2.40. The van der Waals surface area contributed by atoms with E-state index >= 15 is 0 Å². The van der Waals surface area contributed by atoms with E-state index < -0.39 is 22.4 Å². The minimum atomic E-state index is -4.72. The first-order valence-electron chi connectivity index (χ1n) is 7.42. The van der Waals surface area contributed by atoms with Crippen molar-refractivity contribution in [2.24, 2.45) is 10.8 Å². The Kier molecular flexibility index (Phi) is 6.36. The van der Waals surface area contributed by atoms with Crippen LogP contribution in [0.5, 0.6) is 17.2 Å². The van der Waals surface area contributed by atoms with Crippen LogP contribution in [0, 0.1) is 10.1 Å². The first-order chi connectivity index (χ1) is 13.1. The normalized spacial score (nSPS) is 11.3. The number of alkyl halides is 3. The fourth-order valence-electron chi connectivity index (χ4n) is 2.06. The average Bonchev–Trinajstić information content (AvgIpc) is 2.61. The second kappa shape index (κ2) is 8.52. The Morgan fingerprint density at radius 2 is 1.93 bits per heavy atom. The standard InChI is InChI=1S/C16H13F3N4O4S/c1-26-14-6-9(8-21-22-15(20)28)2-4-13(14)27-12-5-3-10(16(17,18)19)7-11(12)23(24)25/h2-8H,1H3,(H3,20,22,28)/b21-8+. The Bertz CT molecular complexity index is 935. The number of methoxy groups -OCH3 is 1. The van der Waals surface area contributed by atoms with Crippen molar-refractivity contribution in [3.05, 3.63) is 57.6 Å². The fraction of sp³-hybridized carbons (Fsp3) is 0.125. The molecule has 8 nitrogen and oxygen atoms in total. The van der Waals surface area contributed by atoms with Crippen molar-refractivity contribution in [1.82, 2.24) is 5.43 Å².